The summed E-state index contributed by atoms with van der Waals surface area (Å²) in [6, 6.07) is 11.9. The van der Waals surface area contributed by atoms with Crippen LogP contribution >= 0.6 is 0 Å². The van der Waals surface area contributed by atoms with Crippen LogP contribution in [0.1, 0.15) is 5.69 Å². The Balaban J connectivity index is 2.21. The molecule has 0 saturated carbocycles. The van der Waals surface area contributed by atoms with Crippen molar-refractivity contribution in [3.63, 3.8) is 0 Å². The van der Waals surface area contributed by atoms with Crippen molar-refractivity contribution < 1.29 is 22.3 Å². The zero-order valence-electron chi connectivity index (χ0n) is 12.3. The Kier molecular flexibility index (Phi) is 3.81. The minimum absolute atomic E-state index is 0.00910. The molecule has 1 aromatic heterocycles. The summed E-state index contributed by atoms with van der Waals surface area (Å²) in [7, 11) is 0. The van der Waals surface area contributed by atoms with E-state index in [0.717, 1.165) is 12.1 Å². The Labute approximate surface area is 138 Å². The van der Waals surface area contributed by atoms with Gasteiger partial charge in [0.1, 0.15) is 17.0 Å². The fourth-order valence-electron chi connectivity index (χ4n) is 2.41. The summed E-state index contributed by atoms with van der Waals surface area (Å²) in [5, 5.41) is 21.8. The molecule has 3 rings (SSSR count). The Morgan fingerprint density at radius 3 is 2.36 bits per heavy atom. The van der Waals surface area contributed by atoms with Gasteiger partial charge in [-0.3, -0.25) is 0 Å². The van der Waals surface area contributed by atoms with Crippen LogP contribution in [0, 0.1) is 21.4 Å². The van der Waals surface area contributed by atoms with E-state index in [1.54, 1.807) is 18.2 Å². The number of halogens is 3. The number of nitrogens with zero attached hydrogens (tertiary/aromatic N) is 3. The van der Waals surface area contributed by atoms with Gasteiger partial charge in [-0.1, -0.05) is 12.1 Å². The molecule has 0 N–H and O–H groups in total. The average molecular weight is 347 g/mol. The summed E-state index contributed by atoms with van der Waals surface area (Å²) < 4.78 is 41.1. The number of fused-ring (bicyclic) bond motifs is 1. The third-order valence-corrected chi connectivity index (χ3v) is 3.42. The minimum atomic E-state index is -4.85. The molecule has 0 amide bonds. The highest BCUT2D eigenvalue weighted by atomic mass is 19.4. The fourth-order valence-corrected chi connectivity index (χ4v) is 2.41. The quantitative estimate of drug-likeness (QED) is 0.666. The largest absolute Gasteiger partial charge is 0.805 e. The van der Waals surface area contributed by atoms with Gasteiger partial charge >= 0.3 is 12.1 Å². The van der Waals surface area contributed by atoms with Crippen molar-refractivity contribution in [2.24, 2.45) is 0 Å². The number of rotatable bonds is 2. The van der Waals surface area contributed by atoms with Crippen molar-refractivity contribution in [3.05, 3.63) is 64.3 Å². The first-order valence-electron chi connectivity index (χ1n) is 6.86. The van der Waals surface area contributed by atoms with E-state index in [4.69, 9.17) is 0 Å². The molecule has 0 unspecified atom stereocenters. The van der Waals surface area contributed by atoms with Crippen LogP contribution in [0.15, 0.2) is 48.5 Å². The molecule has 0 aliphatic rings. The van der Waals surface area contributed by atoms with Crippen LogP contribution in [0.4, 0.5) is 13.2 Å². The van der Waals surface area contributed by atoms with Gasteiger partial charge < -0.3 is 14.7 Å². The van der Waals surface area contributed by atoms with Crippen LogP contribution in [0.3, 0.4) is 0 Å². The Bertz CT molecular complexity index is 1050. The lowest BCUT2D eigenvalue weighted by Crippen LogP contribution is -2.24. The second-order valence-corrected chi connectivity index (χ2v) is 4.96. The maximum Gasteiger partial charge on any atom is 0.573 e. The zero-order chi connectivity index (χ0) is 18.2. The van der Waals surface area contributed by atoms with E-state index in [9.17, 15) is 28.5 Å². The Morgan fingerprint density at radius 2 is 1.76 bits per heavy atom. The van der Waals surface area contributed by atoms with Crippen molar-refractivity contribution in [1.29, 1.82) is 5.26 Å². The van der Waals surface area contributed by atoms with Crippen molar-refractivity contribution in [3.8, 4) is 23.1 Å². The predicted octanol–water partition coefficient (Wildman–Crippen LogP) is 3.34. The highest BCUT2D eigenvalue weighted by Crippen LogP contribution is 2.28. The van der Waals surface area contributed by atoms with Gasteiger partial charge in [-0.25, -0.2) is 0 Å². The maximum atomic E-state index is 12.6. The van der Waals surface area contributed by atoms with Crippen LogP contribution in [-0.2, 0) is 0 Å². The molecule has 25 heavy (non-hydrogen) atoms. The van der Waals surface area contributed by atoms with Crippen molar-refractivity contribution >= 4 is 11.0 Å². The molecule has 0 saturated heterocycles. The Hall–Kier alpha value is -3.54. The van der Waals surface area contributed by atoms with Crippen molar-refractivity contribution in [2.75, 3.05) is 0 Å². The van der Waals surface area contributed by atoms with E-state index in [1.807, 2.05) is 0 Å². The molecule has 0 aliphatic heterocycles. The molecule has 3 aromatic rings. The summed E-state index contributed by atoms with van der Waals surface area (Å²) in [6.07, 6.45) is -4.85. The molecule has 2 aromatic carbocycles. The summed E-state index contributed by atoms with van der Waals surface area (Å²) in [5.41, 5.74) is -0.568. The van der Waals surface area contributed by atoms with Gasteiger partial charge in [-0.05, 0) is 30.3 Å². The van der Waals surface area contributed by atoms with Crippen LogP contribution in [0.2, 0.25) is 0 Å². The number of aromatic nitrogens is 2. The number of ether oxygens (including phenoxy) is 1. The van der Waals surface area contributed by atoms with E-state index in [2.05, 4.69) is 4.74 Å². The Morgan fingerprint density at radius 1 is 1.12 bits per heavy atom. The van der Waals surface area contributed by atoms with Gasteiger partial charge in [0.05, 0.1) is 4.43 Å². The molecule has 0 spiro atoms. The minimum Gasteiger partial charge on any atom is -0.805 e. The molecule has 0 radical (unpaired) electrons. The van der Waals surface area contributed by atoms with Gasteiger partial charge in [0, 0.05) is 16.5 Å². The number of nitriles is 1. The molecule has 1 heterocycles. The summed E-state index contributed by atoms with van der Waals surface area (Å²) in [5.74, 6) is -0.483. The second-order valence-electron chi connectivity index (χ2n) is 4.96. The standard InChI is InChI=1S/C16H8F3N3O3/c17-16(18,19)25-11-7-5-10(6-8-11)15-14(9-20)21(23)12-3-1-2-4-13(12)22(15)24/h1-8H. The van der Waals surface area contributed by atoms with E-state index in [1.165, 1.54) is 24.3 Å². The molecule has 0 atom stereocenters. The molecule has 0 bridgehead atoms. The van der Waals surface area contributed by atoms with Crippen LogP contribution in [0.5, 0.6) is 5.75 Å². The fraction of sp³-hybridized carbons (Fsp3) is 0.0625. The highest BCUT2D eigenvalue weighted by Gasteiger charge is 2.31. The first-order valence-corrected chi connectivity index (χ1v) is 6.86. The van der Waals surface area contributed by atoms with Crippen LogP contribution in [-0.4, -0.2) is 11.1 Å². The van der Waals surface area contributed by atoms with Crippen molar-refractivity contribution in [2.45, 2.75) is 6.36 Å². The maximum absolute atomic E-state index is 12.6. The average Bonchev–Trinajstić information content (AvgIpc) is 2.57. The topological polar surface area (TPSA) is 84.0 Å². The predicted molar refractivity (Wildman–Crippen MR) is 80.9 cm³/mol. The van der Waals surface area contributed by atoms with Gasteiger partial charge in [0.2, 0.25) is 0 Å². The smallest absolute Gasteiger partial charge is 0.573 e. The third kappa shape index (κ3) is 2.97. The molecule has 0 fully saturated rings. The van der Waals surface area contributed by atoms with Gasteiger partial charge in [-0.2, -0.15) is 5.26 Å². The number of hydrogen-bond donors (Lipinski definition) is 0. The van der Waals surface area contributed by atoms with E-state index < -0.39 is 17.8 Å². The van der Waals surface area contributed by atoms with E-state index in [-0.39, 0.29) is 22.3 Å². The number of hydrogen-bond acceptors (Lipinski definition) is 4. The molecular weight excluding hydrogens is 339 g/mol. The zero-order valence-corrected chi connectivity index (χ0v) is 12.3. The lowest BCUT2D eigenvalue weighted by molar-refractivity contribution is -0.467. The first-order chi connectivity index (χ1) is 11.8. The lowest BCUT2D eigenvalue weighted by Gasteiger charge is -2.18. The van der Waals surface area contributed by atoms with Crippen molar-refractivity contribution in [1.82, 2.24) is 4.73 Å². The second kappa shape index (κ2) is 5.83. The molecule has 126 valence electrons. The molecular formula is C16H8F3N3O3. The molecule has 9 heteroatoms. The van der Waals surface area contributed by atoms with Gasteiger partial charge in [0.15, 0.2) is 6.07 Å². The molecule has 6 nitrogen and oxygen atoms in total. The monoisotopic (exact) mass is 347 g/mol. The summed E-state index contributed by atoms with van der Waals surface area (Å²) in [4.78, 5) is 12.3. The lowest BCUT2D eigenvalue weighted by atomic mass is 10.1. The number of para-hydroxylation sites is 2. The van der Waals surface area contributed by atoms with Gasteiger partial charge in [0.25, 0.3) is 5.52 Å². The summed E-state index contributed by atoms with van der Waals surface area (Å²) >= 11 is 0. The summed E-state index contributed by atoms with van der Waals surface area (Å²) in [6.45, 7) is 0. The SMILES string of the molecule is N#Cc1c(-c2ccc(OC(F)(F)F)cc2)n([O-])c2ccccc2[n+]1=O. The number of benzene rings is 2. The van der Waals surface area contributed by atoms with Crippen LogP contribution in [0.25, 0.3) is 22.3 Å². The number of alkyl halides is 3. The van der Waals surface area contributed by atoms with E-state index in [0.29, 0.717) is 9.16 Å². The molecule has 0 aliphatic carbocycles. The third-order valence-electron chi connectivity index (χ3n) is 3.42. The van der Waals surface area contributed by atoms with Crippen LogP contribution < -0.4 is 9.16 Å². The normalized spacial score (nSPS) is 11.3. The highest BCUT2D eigenvalue weighted by molar-refractivity contribution is 5.78. The first kappa shape index (κ1) is 16.3. The van der Waals surface area contributed by atoms with Gasteiger partial charge in [-0.15, -0.1) is 13.2 Å². The van der Waals surface area contributed by atoms with E-state index >= 15 is 0 Å².